The van der Waals surface area contributed by atoms with Crippen molar-refractivity contribution in [3.63, 3.8) is 0 Å². The molecule has 2 rings (SSSR count). The summed E-state index contributed by atoms with van der Waals surface area (Å²) in [5, 5.41) is 3.90. The number of halogens is 2. The van der Waals surface area contributed by atoms with Crippen LogP contribution in [-0.2, 0) is 16.0 Å². The minimum absolute atomic E-state index is 0.00310. The molecule has 1 heterocycles. The zero-order valence-corrected chi connectivity index (χ0v) is 12.7. The van der Waals surface area contributed by atoms with E-state index in [4.69, 9.17) is 27.9 Å². The summed E-state index contributed by atoms with van der Waals surface area (Å²) in [6.07, 6.45) is 0.319. The van der Waals surface area contributed by atoms with Gasteiger partial charge < -0.3 is 10.1 Å². The summed E-state index contributed by atoms with van der Waals surface area (Å²) in [6.45, 7) is 4.93. The van der Waals surface area contributed by atoms with Crippen molar-refractivity contribution in [2.45, 2.75) is 6.42 Å². The summed E-state index contributed by atoms with van der Waals surface area (Å²) in [6, 6.07) is 5.25. The molecule has 6 heteroatoms. The topological polar surface area (TPSA) is 41.6 Å². The van der Waals surface area contributed by atoms with Crippen LogP contribution in [0.2, 0.25) is 10.0 Å². The largest absolute Gasteiger partial charge is 0.379 e. The summed E-state index contributed by atoms with van der Waals surface area (Å²) < 4.78 is 5.27. The number of hydrogen-bond acceptors (Lipinski definition) is 3. The van der Waals surface area contributed by atoms with Crippen molar-refractivity contribution in [2.24, 2.45) is 0 Å². The Morgan fingerprint density at radius 1 is 1.25 bits per heavy atom. The average molecular weight is 317 g/mol. The zero-order chi connectivity index (χ0) is 14.4. The monoisotopic (exact) mass is 316 g/mol. The second-order valence-electron chi connectivity index (χ2n) is 4.73. The second-order valence-corrected chi connectivity index (χ2v) is 5.54. The van der Waals surface area contributed by atoms with Crippen molar-refractivity contribution >= 4 is 29.1 Å². The molecule has 0 aromatic heterocycles. The Hall–Kier alpha value is -0.810. The Kier molecular flexibility index (Phi) is 6.10. The first-order valence-electron chi connectivity index (χ1n) is 6.66. The quantitative estimate of drug-likeness (QED) is 0.903. The van der Waals surface area contributed by atoms with Crippen LogP contribution in [0.25, 0.3) is 0 Å². The third-order valence-corrected chi connectivity index (χ3v) is 3.94. The van der Waals surface area contributed by atoms with Crippen LogP contribution in [0, 0.1) is 0 Å². The Labute approximate surface area is 129 Å². The van der Waals surface area contributed by atoms with Gasteiger partial charge in [0.2, 0.25) is 5.91 Å². The molecule has 0 bridgehead atoms. The number of nitrogens with zero attached hydrogens (tertiary/aromatic N) is 1. The Bertz CT molecular complexity index is 462. The molecule has 1 saturated heterocycles. The van der Waals surface area contributed by atoms with Gasteiger partial charge in [-0.15, -0.1) is 0 Å². The fourth-order valence-corrected chi connectivity index (χ4v) is 2.40. The molecule has 0 saturated carbocycles. The van der Waals surface area contributed by atoms with Crippen molar-refractivity contribution in [2.75, 3.05) is 39.4 Å². The number of ether oxygens (including phenoxy) is 1. The normalized spacial score (nSPS) is 16.1. The van der Waals surface area contributed by atoms with Gasteiger partial charge in [-0.25, -0.2) is 0 Å². The molecule has 1 fully saturated rings. The van der Waals surface area contributed by atoms with Gasteiger partial charge in [0, 0.05) is 26.2 Å². The molecule has 110 valence electrons. The van der Waals surface area contributed by atoms with E-state index in [1.165, 1.54) is 0 Å². The third-order valence-electron chi connectivity index (χ3n) is 3.20. The molecule has 1 aliphatic rings. The Balaban J connectivity index is 1.70. The molecule has 1 aliphatic heterocycles. The fraction of sp³-hybridized carbons (Fsp3) is 0.500. The maximum atomic E-state index is 11.8. The molecule has 0 aliphatic carbocycles. The first kappa shape index (κ1) is 15.6. The van der Waals surface area contributed by atoms with Gasteiger partial charge >= 0.3 is 0 Å². The molecule has 0 spiro atoms. The number of rotatable bonds is 5. The first-order chi connectivity index (χ1) is 9.65. The van der Waals surface area contributed by atoms with Crippen LogP contribution in [-0.4, -0.2) is 50.2 Å². The van der Waals surface area contributed by atoms with Crippen LogP contribution < -0.4 is 5.32 Å². The lowest BCUT2D eigenvalue weighted by Crippen LogP contribution is -2.41. The Morgan fingerprint density at radius 3 is 2.70 bits per heavy atom. The number of amides is 1. The van der Waals surface area contributed by atoms with E-state index in [0.717, 1.165) is 38.4 Å². The average Bonchev–Trinajstić information content (AvgIpc) is 2.44. The number of carbonyl (C=O) groups is 1. The van der Waals surface area contributed by atoms with Gasteiger partial charge in [-0.3, -0.25) is 9.69 Å². The predicted octanol–water partition coefficient (Wildman–Crippen LogP) is 1.98. The molecule has 0 atom stereocenters. The maximum Gasteiger partial charge on any atom is 0.224 e. The summed E-state index contributed by atoms with van der Waals surface area (Å²) in [7, 11) is 0. The van der Waals surface area contributed by atoms with E-state index in [1.54, 1.807) is 12.1 Å². The highest BCUT2D eigenvalue weighted by atomic mass is 35.5. The first-order valence-corrected chi connectivity index (χ1v) is 7.41. The lowest BCUT2D eigenvalue weighted by molar-refractivity contribution is -0.120. The van der Waals surface area contributed by atoms with Gasteiger partial charge in [0.1, 0.15) is 0 Å². The van der Waals surface area contributed by atoms with Crippen LogP contribution >= 0.6 is 23.2 Å². The molecular weight excluding hydrogens is 299 g/mol. The van der Waals surface area contributed by atoms with Gasteiger partial charge in [0.15, 0.2) is 0 Å². The van der Waals surface area contributed by atoms with Crippen molar-refractivity contribution in [3.8, 4) is 0 Å². The number of hydrogen-bond donors (Lipinski definition) is 1. The molecule has 0 radical (unpaired) electrons. The van der Waals surface area contributed by atoms with Crippen LogP contribution in [0.5, 0.6) is 0 Å². The number of carbonyl (C=O) groups excluding carboxylic acids is 1. The molecule has 0 unspecified atom stereocenters. The molecule has 20 heavy (non-hydrogen) atoms. The maximum absolute atomic E-state index is 11.8. The summed E-state index contributed by atoms with van der Waals surface area (Å²) in [4.78, 5) is 14.1. The minimum atomic E-state index is -0.00310. The van der Waals surface area contributed by atoms with E-state index in [0.29, 0.717) is 23.0 Å². The lowest BCUT2D eigenvalue weighted by Gasteiger charge is -2.26. The highest BCUT2D eigenvalue weighted by Crippen LogP contribution is 2.22. The fourth-order valence-electron chi connectivity index (χ4n) is 2.08. The standard InChI is InChI=1S/C14H18Cl2N2O2/c15-12-2-1-11(9-13(12)16)10-14(19)17-3-4-18-5-7-20-8-6-18/h1-2,9H,3-8,10H2,(H,17,19). The summed E-state index contributed by atoms with van der Waals surface area (Å²) >= 11 is 11.8. The zero-order valence-electron chi connectivity index (χ0n) is 11.2. The van der Waals surface area contributed by atoms with E-state index in [1.807, 2.05) is 6.07 Å². The molecular formula is C14H18Cl2N2O2. The Morgan fingerprint density at radius 2 is 2.00 bits per heavy atom. The van der Waals surface area contributed by atoms with Crippen molar-refractivity contribution in [1.29, 1.82) is 0 Å². The lowest BCUT2D eigenvalue weighted by atomic mass is 10.1. The van der Waals surface area contributed by atoms with Gasteiger partial charge in [0.25, 0.3) is 0 Å². The minimum Gasteiger partial charge on any atom is -0.379 e. The van der Waals surface area contributed by atoms with Gasteiger partial charge in [0.05, 0.1) is 29.7 Å². The van der Waals surface area contributed by atoms with Crippen LogP contribution in [0.1, 0.15) is 5.56 Å². The molecule has 1 aromatic rings. The molecule has 1 N–H and O–H groups in total. The van der Waals surface area contributed by atoms with E-state index in [9.17, 15) is 4.79 Å². The number of nitrogens with one attached hydrogen (secondary N) is 1. The van der Waals surface area contributed by atoms with Gasteiger partial charge in [-0.1, -0.05) is 29.3 Å². The van der Waals surface area contributed by atoms with Crippen LogP contribution in [0.4, 0.5) is 0 Å². The van der Waals surface area contributed by atoms with E-state index < -0.39 is 0 Å². The van der Waals surface area contributed by atoms with Crippen molar-refractivity contribution < 1.29 is 9.53 Å². The summed E-state index contributed by atoms with van der Waals surface area (Å²) in [5.74, 6) is -0.00310. The van der Waals surface area contributed by atoms with Crippen LogP contribution in [0.15, 0.2) is 18.2 Å². The van der Waals surface area contributed by atoms with E-state index in [2.05, 4.69) is 10.2 Å². The molecule has 1 amide bonds. The summed E-state index contributed by atoms with van der Waals surface area (Å²) in [5.41, 5.74) is 0.864. The van der Waals surface area contributed by atoms with E-state index >= 15 is 0 Å². The number of morpholine rings is 1. The SMILES string of the molecule is O=C(Cc1ccc(Cl)c(Cl)c1)NCCN1CCOCC1. The van der Waals surface area contributed by atoms with Gasteiger partial charge in [-0.2, -0.15) is 0 Å². The highest BCUT2D eigenvalue weighted by Gasteiger charge is 2.10. The van der Waals surface area contributed by atoms with Crippen molar-refractivity contribution in [1.82, 2.24) is 10.2 Å². The molecule has 1 aromatic carbocycles. The second kappa shape index (κ2) is 7.84. The third kappa shape index (κ3) is 4.94. The van der Waals surface area contributed by atoms with Crippen molar-refractivity contribution in [3.05, 3.63) is 33.8 Å². The smallest absolute Gasteiger partial charge is 0.224 e. The number of benzene rings is 1. The van der Waals surface area contributed by atoms with E-state index in [-0.39, 0.29) is 5.91 Å². The van der Waals surface area contributed by atoms with Crippen LogP contribution in [0.3, 0.4) is 0 Å². The predicted molar refractivity (Wildman–Crippen MR) is 80.4 cm³/mol. The highest BCUT2D eigenvalue weighted by molar-refractivity contribution is 6.42. The van der Waals surface area contributed by atoms with Gasteiger partial charge in [-0.05, 0) is 17.7 Å². The molecule has 4 nitrogen and oxygen atoms in total.